The van der Waals surface area contributed by atoms with Gasteiger partial charge in [0.15, 0.2) is 0 Å². The first kappa shape index (κ1) is 14.8. The van der Waals surface area contributed by atoms with Crippen molar-refractivity contribution in [2.75, 3.05) is 7.11 Å². The number of para-hydroxylation sites is 1. The summed E-state index contributed by atoms with van der Waals surface area (Å²) in [6.07, 6.45) is 2.18. The van der Waals surface area contributed by atoms with Gasteiger partial charge in [-0.3, -0.25) is 0 Å². The fourth-order valence-corrected chi connectivity index (χ4v) is 6.03. The van der Waals surface area contributed by atoms with E-state index in [9.17, 15) is 0 Å². The Morgan fingerprint density at radius 3 is 2.48 bits per heavy atom. The summed E-state index contributed by atoms with van der Waals surface area (Å²) in [7, 11) is 9.59. The summed E-state index contributed by atoms with van der Waals surface area (Å²) in [5.41, 5.74) is 3.56. The molecule has 2 aromatic carbocycles. The van der Waals surface area contributed by atoms with E-state index in [1.807, 2.05) is 18.2 Å². The molecule has 1 atom stereocenters. The number of halogens is 1. The van der Waals surface area contributed by atoms with E-state index in [1.54, 1.807) is 17.9 Å². The van der Waals surface area contributed by atoms with Crippen LogP contribution in [0.3, 0.4) is 0 Å². The molecule has 0 amide bonds. The number of allylic oxidation sites excluding steroid dienone is 1. The molecule has 21 heavy (non-hydrogen) atoms. The Morgan fingerprint density at radius 2 is 1.76 bits per heavy atom. The maximum absolute atomic E-state index is 6.56. The third-order valence-corrected chi connectivity index (χ3v) is 7.25. The molecule has 1 unspecified atom stereocenters. The van der Waals surface area contributed by atoms with E-state index in [2.05, 4.69) is 43.3 Å². The summed E-state index contributed by atoms with van der Waals surface area (Å²) in [5.74, 6) is 0.868. The molecule has 1 aliphatic heterocycles. The highest BCUT2D eigenvalue weighted by molar-refractivity contribution is 8.95. The number of methoxy groups -OCH3 is 1. The Labute approximate surface area is 135 Å². The summed E-state index contributed by atoms with van der Waals surface area (Å²) in [6, 6.07) is 16.6. The Morgan fingerprint density at radius 1 is 1.05 bits per heavy atom. The number of benzene rings is 2. The summed E-state index contributed by atoms with van der Waals surface area (Å²) < 4.78 is 5.45. The van der Waals surface area contributed by atoms with E-state index in [0.717, 1.165) is 16.2 Å². The van der Waals surface area contributed by atoms with Crippen LogP contribution >= 0.6 is 30.2 Å². The van der Waals surface area contributed by atoms with Crippen molar-refractivity contribution < 1.29 is 4.74 Å². The summed E-state index contributed by atoms with van der Waals surface area (Å²) in [5, 5.41) is 0. The third-order valence-electron chi connectivity index (χ3n) is 3.31. The third kappa shape index (κ3) is 3.05. The summed E-state index contributed by atoms with van der Waals surface area (Å²) in [4.78, 5) is 2.35. The highest BCUT2D eigenvalue weighted by Crippen LogP contribution is 2.53. The molecule has 0 spiro atoms. The van der Waals surface area contributed by atoms with Crippen LogP contribution in [0.25, 0.3) is 4.91 Å². The van der Waals surface area contributed by atoms with E-state index < -0.39 is 0 Å². The van der Waals surface area contributed by atoms with Crippen molar-refractivity contribution in [3.8, 4) is 5.75 Å². The highest BCUT2D eigenvalue weighted by atomic mass is 35.7. The average molecular weight is 335 g/mol. The quantitative estimate of drug-likeness (QED) is 0.530. The second kappa shape index (κ2) is 6.30. The van der Waals surface area contributed by atoms with Crippen LogP contribution in [0.5, 0.6) is 5.75 Å². The van der Waals surface area contributed by atoms with Crippen LogP contribution in [0.2, 0.25) is 0 Å². The maximum Gasteiger partial charge on any atom is 0.127 e. The van der Waals surface area contributed by atoms with Crippen molar-refractivity contribution in [3.05, 3.63) is 71.3 Å². The molecule has 0 bridgehead atoms. The molecule has 0 N–H and O–H groups in total. The van der Waals surface area contributed by atoms with Crippen molar-refractivity contribution in [2.45, 2.75) is 6.92 Å². The minimum absolute atomic E-state index is 0.376. The van der Waals surface area contributed by atoms with E-state index >= 15 is 0 Å². The van der Waals surface area contributed by atoms with Crippen LogP contribution in [0.4, 0.5) is 0 Å². The summed E-state index contributed by atoms with van der Waals surface area (Å²) >= 11 is 0. The van der Waals surface area contributed by atoms with Gasteiger partial charge < -0.3 is 4.74 Å². The zero-order valence-electron chi connectivity index (χ0n) is 11.8. The van der Waals surface area contributed by atoms with Gasteiger partial charge in [-0.05, 0) is 54.8 Å². The van der Waals surface area contributed by atoms with Crippen molar-refractivity contribution in [1.29, 1.82) is 0 Å². The lowest BCUT2D eigenvalue weighted by Gasteiger charge is -2.07. The first-order valence-corrected chi connectivity index (χ1v) is 9.95. The molecule has 0 aromatic heterocycles. The van der Waals surface area contributed by atoms with Gasteiger partial charge in [0.2, 0.25) is 0 Å². The van der Waals surface area contributed by atoms with Crippen molar-refractivity contribution >= 4 is 40.0 Å². The van der Waals surface area contributed by atoms with Crippen molar-refractivity contribution in [2.24, 2.45) is 0 Å². The van der Waals surface area contributed by atoms with Crippen molar-refractivity contribution in [1.82, 2.24) is 0 Å². The fraction of sp³-hybridized carbons (Fsp3) is 0.118. The molecule has 0 saturated heterocycles. The topological polar surface area (TPSA) is 9.23 Å². The van der Waals surface area contributed by atoms with Crippen LogP contribution in [0.1, 0.15) is 16.7 Å². The molecule has 108 valence electrons. The molecule has 4 heteroatoms. The van der Waals surface area contributed by atoms with Crippen LogP contribution in [0.15, 0.2) is 54.6 Å². The smallest absolute Gasteiger partial charge is 0.127 e. The minimum Gasteiger partial charge on any atom is -0.496 e. The van der Waals surface area contributed by atoms with Crippen molar-refractivity contribution in [3.63, 3.8) is 0 Å². The lowest BCUT2D eigenvalue weighted by molar-refractivity contribution is 0.414. The number of ether oxygens (including phenoxy) is 1. The van der Waals surface area contributed by atoms with Gasteiger partial charge >= 0.3 is 0 Å². The molecule has 2 aromatic rings. The van der Waals surface area contributed by atoms with Gasteiger partial charge in [0.05, 0.1) is 7.11 Å². The van der Waals surface area contributed by atoms with Gasteiger partial charge in [-0.25, -0.2) is 0 Å². The second-order valence-electron chi connectivity index (χ2n) is 4.75. The van der Waals surface area contributed by atoms with Gasteiger partial charge in [0.1, 0.15) is 5.75 Å². The monoisotopic (exact) mass is 334 g/mol. The van der Waals surface area contributed by atoms with Crippen LogP contribution in [-0.2, 0) is 0 Å². The molecule has 1 nitrogen and oxygen atoms in total. The highest BCUT2D eigenvalue weighted by Gasteiger charge is 2.19. The molecule has 0 saturated carbocycles. The molecule has 0 aliphatic carbocycles. The summed E-state index contributed by atoms with van der Waals surface area (Å²) in [6.45, 7) is 2.10. The molecule has 1 heterocycles. The number of hydrogen-bond donors (Lipinski definition) is 0. The number of aryl methyl sites for hydroxylation is 1. The molecular weight excluding hydrogens is 320 g/mol. The normalized spacial score (nSPS) is 17.8. The zero-order valence-corrected chi connectivity index (χ0v) is 14.2. The average Bonchev–Trinajstić information content (AvgIpc) is 2.89. The van der Waals surface area contributed by atoms with Gasteiger partial charge in [0, 0.05) is 15.3 Å². The first-order valence-electron chi connectivity index (χ1n) is 6.57. The fourth-order valence-electron chi connectivity index (χ4n) is 2.17. The lowest BCUT2D eigenvalue weighted by atomic mass is 10.1. The molecular formula is C17H15ClOS2. The second-order valence-corrected chi connectivity index (χ2v) is 9.21. The molecule has 0 fully saturated rings. The van der Waals surface area contributed by atoms with Crippen LogP contribution in [-0.4, -0.2) is 12.0 Å². The number of hydrogen-bond acceptors (Lipinski definition) is 2. The van der Waals surface area contributed by atoms with Gasteiger partial charge in [-0.15, -0.1) is 0 Å². The van der Waals surface area contributed by atoms with E-state index in [-0.39, 0.29) is 8.73 Å². The SMILES string of the molecule is COc1ccccc1C1=S(Cl)SC(c2ccc(C)cc2)=C1. The van der Waals surface area contributed by atoms with E-state index in [1.165, 1.54) is 16.0 Å². The lowest BCUT2D eigenvalue weighted by Crippen LogP contribution is -1.97. The maximum atomic E-state index is 6.56. The van der Waals surface area contributed by atoms with Crippen LogP contribution < -0.4 is 4.74 Å². The predicted octanol–water partition coefficient (Wildman–Crippen LogP) is 5.65. The molecule has 0 radical (unpaired) electrons. The van der Waals surface area contributed by atoms with E-state index in [4.69, 9.17) is 15.4 Å². The first-order chi connectivity index (χ1) is 10.2. The van der Waals surface area contributed by atoms with Gasteiger partial charge in [-0.2, -0.15) is 0 Å². The van der Waals surface area contributed by atoms with E-state index in [0.29, 0.717) is 0 Å². The minimum atomic E-state index is -0.376. The molecule has 3 rings (SSSR count). The molecule has 1 aliphatic rings. The largest absolute Gasteiger partial charge is 0.496 e. The zero-order chi connectivity index (χ0) is 14.8. The Balaban J connectivity index is 1.99. The Bertz CT molecular complexity index is 733. The van der Waals surface area contributed by atoms with Crippen LogP contribution in [0, 0.1) is 6.92 Å². The Kier molecular flexibility index (Phi) is 4.43. The number of rotatable bonds is 3. The predicted molar refractivity (Wildman–Crippen MR) is 97.3 cm³/mol. The van der Waals surface area contributed by atoms with Gasteiger partial charge in [0.25, 0.3) is 0 Å². The Hall–Kier alpha value is -1.16. The van der Waals surface area contributed by atoms with Gasteiger partial charge in [-0.1, -0.05) is 48.0 Å². The standard InChI is InChI=1S/C17H15ClOS2/c1-12-7-9-13(10-8-12)16-11-17(21(18)20-16)14-5-3-4-6-15(14)19-2/h3-11H,1-2H3.